The molecule has 0 bridgehead atoms. The van der Waals surface area contributed by atoms with Crippen molar-refractivity contribution in [1.29, 1.82) is 0 Å². The number of carbonyl (C=O) groups is 2. The van der Waals surface area contributed by atoms with Crippen LogP contribution in [0.2, 0.25) is 0 Å². The summed E-state index contributed by atoms with van der Waals surface area (Å²) >= 11 is 0. The molecule has 2 N–H and O–H groups in total. The van der Waals surface area contributed by atoms with E-state index in [0.29, 0.717) is 6.47 Å². The zero-order valence-corrected chi connectivity index (χ0v) is 7.55. The average Bonchev–Trinajstić information content (AvgIpc) is 2.18. The molecule has 1 amide bonds. The number of benzene rings is 1. The number of hydrogen-bond acceptors (Lipinski definition) is 3. The minimum atomic E-state index is -0.578. The van der Waals surface area contributed by atoms with Gasteiger partial charge in [-0.05, 0) is 5.56 Å². The van der Waals surface area contributed by atoms with Crippen LogP contribution in [0.3, 0.4) is 0 Å². The third-order valence-electron chi connectivity index (χ3n) is 1.78. The van der Waals surface area contributed by atoms with Crippen molar-refractivity contribution in [3.8, 4) is 0 Å². The van der Waals surface area contributed by atoms with E-state index in [4.69, 9.17) is 10.5 Å². The lowest BCUT2D eigenvalue weighted by Gasteiger charge is -2.13. The lowest BCUT2D eigenvalue weighted by Crippen LogP contribution is -2.16. The van der Waals surface area contributed by atoms with Crippen molar-refractivity contribution in [2.24, 2.45) is 5.73 Å². The van der Waals surface area contributed by atoms with Crippen LogP contribution < -0.4 is 5.73 Å². The molecule has 0 aliphatic heterocycles. The van der Waals surface area contributed by atoms with Gasteiger partial charge in [0.15, 0.2) is 0 Å². The molecule has 4 nitrogen and oxygen atoms in total. The average molecular weight is 193 g/mol. The van der Waals surface area contributed by atoms with Crippen molar-refractivity contribution < 1.29 is 14.3 Å². The molecule has 1 aromatic carbocycles. The summed E-state index contributed by atoms with van der Waals surface area (Å²) in [4.78, 5) is 20.9. The van der Waals surface area contributed by atoms with E-state index in [2.05, 4.69) is 0 Å². The van der Waals surface area contributed by atoms with Gasteiger partial charge in [-0.25, -0.2) is 0 Å². The van der Waals surface area contributed by atoms with Gasteiger partial charge in [-0.3, -0.25) is 9.59 Å². The molecule has 0 heterocycles. The second-order valence-corrected chi connectivity index (χ2v) is 2.80. The van der Waals surface area contributed by atoms with Gasteiger partial charge in [0.1, 0.15) is 6.10 Å². The number of hydrogen-bond donors (Lipinski definition) is 1. The Balaban J connectivity index is 2.77. The van der Waals surface area contributed by atoms with E-state index < -0.39 is 12.0 Å². The lowest BCUT2D eigenvalue weighted by molar-refractivity contribution is -0.136. The Morgan fingerprint density at radius 3 is 2.57 bits per heavy atom. The molecule has 0 saturated carbocycles. The van der Waals surface area contributed by atoms with Crippen molar-refractivity contribution in [3.63, 3.8) is 0 Å². The molecule has 74 valence electrons. The maximum Gasteiger partial charge on any atom is 0.293 e. The van der Waals surface area contributed by atoms with Gasteiger partial charge in [0.2, 0.25) is 5.91 Å². The number of nitrogens with two attached hydrogens (primary N) is 1. The van der Waals surface area contributed by atoms with Gasteiger partial charge in [-0.15, -0.1) is 0 Å². The quantitative estimate of drug-likeness (QED) is 0.702. The number of primary amides is 1. The zero-order chi connectivity index (χ0) is 10.4. The maximum absolute atomic E-state index is 10.7. The standard InChI is InChI=1S/C10H11NO3/c11-10(13)6-9(14-7-12)8-4-2-1-3-5-8/h1-5,7,9H,6H2,(H2,11,13). The van der Waals surface area contributed by atoms with Crippen LogP contribution in [0.15, 0.2) is 30.3 Å². The zero-order valence-electron chi connectivity index (χ0n) is 7.55. The highest BCUT2D eigenvalue weighted by Crippen LogP contribution is 2.19. The summed E-state index contributed by atoms with van der Waals surface area (Å²) in [6, 6.07) is 8.99. The van der Waals surface area contributed by atoms with Crippen molar-refractivity contribution >= 4 is 12.4 Å². The lowest BCUT2D eigenvalue weighted by atomic mass is 10.1. The topological polar surface area (TPSA) is 69.4 Å². The van der Waals surface area contributed by atoms with Gasteiger partial charge in [0.25, 0.3) is 6.47 Å². The van der Waals surface area contributed by atoms with Gasteiger partial charge < -0.3 is 10.5 Å². The van der Waals surface area contributed by atoms with Gasteiger partial charge in [0, 0.05) is 0 Å². The highest BCUT2D eigenvalue weighted by Gasteiger charge is 2.14. The van der Waals surface area contributed by atoms with Crippen LogP contribution in [-0.2, 0) is 14.3 Å². The fourth-order valence-corrected chi connectivity index (χ4v) is 1.16. The second-order valence-electron chi connectivity index (χ2n) is 2.80. The molecule has 0 saturated heterocycles. The monoisotopic (exact) mass is 193 g/mol. The summed E-state index contributed by atoms with van der Waals surface area (Å²) in [5.41, 5.74) is 5.79. The molecular weight excluding hydrogens is 182 g/mol. The number of ether oxygens (including phenoxy) is 1. The van der Waals surface area contributed by atoms with E-state index >= 15 is 0 Å². The summed E-state index contributed by atoms with van der Waals surface area (Å²) in [5, 5.41) is 0. The van der Waals surface area contributed by atoms with E-state index in [1.54, 1.807) is 24.3 Å². The number of carbonyl (C=O) groups excluding carboxylic acids is 2. The Bertz CT molecular complexity index is 310. The molecule has 0 fully saturated rings. The first-order chi connectivity index (χ1) is 6.74. The smallest absolute Gasteiger partial charge is 0.293 e. The fraction of sp³-hybridized carbons (Fsp3) is 0.200. The van der Waals surface area contributed by atoms with Crippen LogP contribution in [0.4, 0.5) is 0 Å². The highest BCUT2D eigenvalue weighted by molar-refractivity contribution is 5.74. The van der Waals surface area contributed by atoms with Gasteiger partial charge in [-0.1, -0.05) is 30.3 Å². The van der Waals surface area contributed by atoms with Gasteiger partial charge >= 0.3 is 0 Å². The summed E-state index contributed by atoms with van der Waals surface area (Å²) in [7, 11) is 0. The Hall–Kier alpha value is -1.84. The summed E-state index contributed by atoms with van der Waals surface area (Å²) in [6.07, 6.45) is -0.575. The third-order valence-corrected chi connectivity index (χ3v) is 1.78. The van der Waals surface area contributed by atoms with Crippen molar-refractivity contribution in [2.75, 3.05) is 0 Å². The predicted octanol–water partition coefficient (Wildman–Crippen LogP) is 0.776. The van der Waals surface area contributed by atoms with Gasteiger partial charge in [-0.2, -0.15) is 0 Å². The summed E-state index contributed by atoms with van der Waals surface area (Å²) in [6.45, 7) is 0.320. The molecule has 1 atom stereocenters. The molecule has 0 spiro atoms. The normalized spacial score (nSPS) is 11.7. The first kappa shape index (κ1) is 10.2. The van der Waals surface area contributed by atoms with Crippen LogP contribution in [0.5, 0.6) is 0 Å². The predicted molar refractivity (Wildman–Crippen MR) is 50.1 cm³/mol. The second kappa shape index (κ2) is 5.01. The van der Waals surface area contributed by atoms with Crippen LogP contribution >= 0.6 is 0 Å². The Morgan fingerprint density at radius 2 is 2.07 bits per heavy atom. The largest absolute Gasteiger partial charge is 0.459 e. The molecule has 1 unspecified atom stereocenters. The van der Waals surface area contributed by atoms with Crippen molar-refractivity contribution in [2.45, 2.75) is 12.5 Å². The molecule has 4 heteroatoms. The Labute approximate surface area is 81.7 Å². The minimum absolute atomic E-state index is 0.00273. The minimum Gasteiger partial charge on any atom is -0.459 e. The molecule has 14 heavy (non-hydrogen) atoms. The fourth-order valence-electron chi connectivity index (χ4n) is 1.16. The van der Waals surface area contributed by atoms with E-state index in [0.717, 1.165) is 5.56 Å². The molecule has 1 rings (SSSR count). The first-order valence-corrected chi connectivity index (χ1v) is 4.16. The molecule has 0 radical (unpaired) electrons. The van der Waals surface area contributed by atoms with Gasteiger partial charge in [0.05, 0.1) is 6.42 Å². The Morgan fingerprint density at radius 1 is 1.43 bits per heavy atom. The van der Waals surface area contributed by atoms with E-state index in [-0.39, 0.29) is 6.42 Å². The number of rotatable bonds is 5. The van der Waals surface area contributed by atoms with Crippen molar-refractivity contribution in [1.82, 2.24) is 0 Å². The Kier molecular flexibility index (Phi) is 3.67. The molecular formula is C10H11NO3. The van der Waals surface area contributed by atoms with E-state index in [1.165, 1.54) is 0 Å². The first-order valence-electron chi connectivity index (χ1n) is 4.16. The van der Waals surface area contributed by atoms with Crippen LogP contribution in [-0.4, -0.2) is 12.4 Å². The third kappa shape index (κ3) is 2.90. The molecule has 0 aliphatic rings. The van der Waals surface area contributed by atoms with Crippen LogP contribution in [0, 0.1) is 0 Å². The number of amides is 1. The molecule has 1 aromatic rings. The van der Waals surface area contributed by atoms with E-state index in [9.17, 15) is 9.59 Å². The van der Waals surface area contributed by atoms with E-state index in [1.807, 2.05) is 6.07 Å². The maximum atomic E-state index is 10.7. The SMILES string of the molecule is NC(=O)CC(OC=O)c1ccccc1. The summed E-state index contributed by atoms with van der Waals surface area (Å²) < 4.78 is 4.76. The molecule has 0 aromatic heterocycles. The van der Waals surface area contributed by atoms with Crippen LogP contribution in [0.1, 0.15) is 18.1 Å². The summed E-state index contributed by atoms with van der Waals surface area (Å²) in [5.74, 6) is -0.499. The van der Waals surface area contributed by atoms with Crippen molar-refractivity contribution in [3.05, 3.63) is 35.9 Å². The highest BCUT2D eigenvalue weighted by atomic mass is 16.5. The van der Waals surface area contributed by atoms with Crippen LogP contribution in [0.25, 0.3) is 0 Å². The molecule has 0 aliphatic carbocycles.